The molecule has 0 bridgehead atoms. The number of anilines is 2. The summed E-state index contributed by atoms with van der Waals surface area (Å²) in [5.41, 5.74) is 1.26. The lowest BCUT2D eigenvalue weighted by Gasteiger charge is -2.33. The molecule has 2 amide bonds. The summed E-state index contributed by atoms with van der Waals surface area (Å²) in [7, 11) is 5.07. The lowest BCUT2D eigenvalue weighted by Crippen LogP contribution is -2.46. The summed E-state index contributed by atoms with van der Waals surface area (Å²) in [4.78, 5) is 24.3. The molecule has 33 heavy (non-hydrogen) atoms. The van der Waals surface area contributed by atoms with Crippen molar-refractivity contribution >= 4 is 40.0 Å². The fraction of sp³-hybridized carbons (Fsp3) is 0.348. The van der Waals surface area contributed by atoms with E-state index in [9.17, 15) is 9.18 Å². The highest BCUT2D eigenvalue weighted by Gasteiger charge is 2.26. The molecular weight excluding hydrogens is 449 g/mol. The maximum absolute atomic E-state index is 13.5. The Kier molecular flexibility index (Phi) is 6.69. The van der Waals surface area contributed by atoms with Crippen molar-refractivity contribution in [1.29, 1.82) is 0 Å². The molecule has 0 saturated carbocycles. The smallest absolute Gasteiger partial charge is 0.319 e. The summed E-state index contributed by atoms with van der Waals surface area (Å²) in [6.07, 6.45) is 2.81. The van der Waals surface area contributed by atoms with Crippen LogP contribution >= 0.6 is 11.6 Å². The third-order valence-electron chi connectivity index (χ3n) is 5.49. The van der Waals surface area contributed by atoms with Crippen LogP contribution in [0.25, 0.3) is 10.9 Å². The maximum atomic E-state index is 13.5. The van der Waals surface area contributed by atoms with E-state index in [4.69, 9.17) is 21.1 Å². The molecular formula is C23H25ClFN5O3. The summed E-state index contributed by atoms with van der Waals surface area (Å²) < 4.78 is 25.3. The first-order valence-electron chi connectivity index (χ1n) is 10.5. The normalized spacial score (nSPS) is 14.3. The number of nitrogens with zero attached hydrogens (tertiary/aromatic N) is 4. The molecule has 1 saturated heterocycles. The van der Waals surface area contributed by atoms with Gasteiger partial charge in [-0.05, 0) is 24.3 Å². The Morgan fingerprint density at radius 1 is 1.18 bits per heavy atom. The van der Waals surface area contributed by atoms with E-state index in [2.05, 4.69) is 15.3 Å². The van der Waals surface area contributed by atoms with Crippen molar-refractivity contribution in [2.45, 2.75) is 18.9 Å². The molecule has 1 aliphatic rings. The van der Waals surface area contributed by atoms with E-state index in [0.717, 1.165) is 0 Å². The van der Waals surface area contributed by atoms with Crippen molar-refractivity contribution in [2.75, 3.05) is 39.6 Å². The van der Waals surface area contributed by atoms with E-state index >= 15 is 0 Å². The number of hydrogen-bond acceptors (Lipinski definition) is 6. The number of likely N-dealkylation sites (tertiary alicyclic amines) is 1. The molecule has 3 aromatic rings. The minimum Gasteiger partial charge on any atom is -0.493 e. The Bertz CT molecular complexity index is 1170. The van der Waals surface area contributed by atoms with Crippen LogP contribution in [0.2, 0.25) is 5.02 Å². The molecule has 10 heteroatoms. The topological polar surface area (TPSA) is 79.8 Å². The van der Waals surface area contributed by atoms with Crippen molar-refractivity contribution in [1.82, 2.24) is 19.8 Å². The third-order valence-corrected chi connectivity index (χ3v) is 5.78. The van der Waals surface area contributed by atoms with Gasteiger partial charge in [0, 0.05) is 57.2 Å². The molecule has 1 aromatic heterocycles. The van der Waals surface area contributed by atoms with E-state index in [1.54, 1.807) is 38.2 Å². The van der Waals surface area contributed by atoms with Crippen LogP contribution in [0.5, 0.6) is 11.5 Å². The molecule has 1 N–H and O–H groups in total. The summed E-state index contributed by atoms with van der Waals surface area (Å²) in [6, 6.07) is 8.00. The Hall–Kier alpha value is -3.33. The van der Waals surface area contributed by atoms with Gasteiger partial charge in [-0.2, -0.15) is 0 Å². The zero-order chi connectivity index (χ0) is 23.5. The number of benzene rings is 2. The van der Waals surface area contributed by atoms with E-state index in [1.165, 1.54) is 18.5 Å². The number of carbonyl (C=O) groups is 1. The predicted molar refractivity (Wildman–Crippen MR) is 125 cm³/mol. The molecule has 1 aliphatic heterocycles. The predicted octanol–water partition coefficient (Wildman–Crippen LogP) is 4.70. The van der Waals surface area contributed by atoms with Crippen molar-refractivity contribution < 1.29 is 18.7 Å². The van der Waals surface area contributed by atoms with Gasteiger partial charge in [0.25, 0.3) is 0 Å². The fourth-order valence-electron chi connectivity index (χ4n) is 3.75. The average molecular weight is 474 g/mol. The van der Waals surface area contributed by atoms with E-state index in [0.29, 0.717) is 59.8 Å². The summed E-state index contributed by atoms with van der Waals surface area (Å²) in [6.45, 7) is 1.25. The first kappa shape index (κ1) is 22.8. The van der Waals surface area contributed by atoms with Gasteiger partial charge in [-0.25, -0.2) is 19.2 Å². The van der Waals surface area contributed by atoms with Crippen molar-refractivity contribution in [3.05, 3.63) is 47.5 Å². The highest BCUT2D eigenvalue weighted by molar-refractivity contribution is 6.31. The second-order valence-electron chi connectivity index (χ2n) is 7.98. The lowest BCUT2D eigenvalue weighted by atomic mass is 10.1. The Balaban J connectivity index is 1.57. The first-order valence-corrected chi connectivity index (χ1v) is 10.9. The highest BCUT2D eigenvalue weighted by atomic mass is 35.5. The minimum atomic E-state index is -0.492. The molecule has 1 fully saturated rings. The standard InChI is InChI=1S/C23H25ClFN5O3/c1-29(2)23(31)30-8-6-15(7-9-30)33-21-11-16-19(12-20(21)32-3)26-13-27-22(16)28-14-4-5-18(25)17(24)10-14/h4-5,10-13,15H,6-9H2,1-3H3,(H,26,27,28). The molecule has 0 atom stereocenters. The summed E-state index contributed by atoms with van der Waals surface area (Å²) >= 11 is 5.91. The Labute approximate surface area is 196 Å². The number of hydrogen-bond donors (Lipinski definition) is 1. The third kappa shape index (κ3) is 5.03. The number of rotatable bonds is 5. The van der Waals surface area contributed by atoms with Gasteiger partial charge in [-0.3, -0.25) is 0 Å². The van der Waals surface area contributed by atoms with Gasteiger partial charge >= 0.3 is 6.03 Å². The number of carbonyl (C=O) groups excluding carboxylic acids is 1. The fourth-order valence-corrected chi connectivity index (χ4v) is 3.93. The first-order chi connectivity index (χ1) is 15.9. The van der Waals surface area contributed by atoms with Crippen LogP contribution in [0, 0.1) is 5.82 Å². The van der Waals surface area contributed by atoms with Gasteiger partial charge in [0.2, 0.25) is 0 Å². The largest absolute Gasteiger partial charge is 0.493 e. The van der Waals surface area contributed by atoms with E-state index < -0.39 is 5.82 Å². The van der Waals surface area contributed by atoms with Crippen LogP contribution in [-0.2, 0) is 0 Å². The average Bonchev–Trinajstić information content (AvgIpc) is 2.81. The number of methoxy groups -OCH3 is 1. The molecule has 0 aliphatic carbocycles. The van der Waals surface area contributed by atoms with E-state index in [1.807, 2.05) is 11.0 Å². The Morgan fingerprint density at radius 2 is 1.94 bits per heavy atom. The number of aromatic nitrogens is 2. The van der Waals surface area contributed by atoms with Gasteiger partial charge in [0.1, 0.15) is 24.1 Å². The van der Waals surface area contributed by atoms with Gasteiger partial charge < -0.3 is 24.6 Å². The number of halogens is 2. The molecule has 0 radical (unpaired) electrons. The number of urea groups is 1. The number of ether oxygens (including phenoxy) is 2. The van der Waals surface area contributed by atoms with Crippen molar-refractivity contribution in [2.24, 2.45) is 0 Å². The second kappa shape index (κ2) is 9.66. The van der Waals surface area contributed by atoms with Crippen LogP contribution in [-0.4, -0.2) is 66.2 Å². The van der Waals surface area contributed by atoms with E-state index in [-0.39, 0.29) is 17.2 Å². The molecule has 174 valence electrons. The highest BCUT2D eigenvalue weighted by Crippen LogP contribution is 2.36. The van der Waals surface area contributed by atoms with Gasteiger partial charge in [-0.1, -0.05) is 11.6 Å². The number of piperidine rings is 1. The minimum absolute atomic E-state index is 0.00509. The van der Waals surface area contributed by atoms with Crippen molar-refractivity contribution in [3.63, 3.8) is 0 Å². The molecule has 2 heterocycles. The van der Waals surface area contributed by atoms with Gasteiger partial charge in [-0.15, -0.1) is 0 Å². The molecule has 0 spiro atoms. The zero-order valence-electron chi connectivity index (χ0n) is 18.6. The Morgan fingerprint density at radius 3 is 2.61 bits per heavy atom. The number of nitrogens with one attached hydrogen (secondary N) is 1. The summed E-state index contributed by atoms with van der Waals surface area (Å²) in [5.74, 6) is 1.16. The van der Waals surface area contributed by atoms with Crippen LogP contribution in [0.3, 0.4) is 0 Å². The zero-order valence-corrected chi connectivity index (χ0v) is 19.4. The number of amides is 2. The quantitative estimate of drug-likeness (QED) is 0.578. The molecule has 2 aromatic carbocycles. The van der Waals surface area contributed by atoms with Crippen molar-refractivity contribution in [3.8, 4) is 11.5 Å². The number of fused-ring (bicyclic) bond motifs is 1. The van der Waals surface area contributed by atoms with Crippen LogP contribution in [0.1, 0.15) is 12.8 Å². The molecule has 4 rings (SSSR count). The second-order valence-corrected chi connectivity index (χ2v) is 8.38. The van der Waals surface area contributed by atoms with Gasteiger partial charge in [0.15, 0.2) is 11.5 Å². The molecule has 0 unspecified atom stereocenters. The van der Waals surface area contributed by atoms with Crippen LogP contribution in [0.15, 0.2) is 36.7 Å². The van der Waals surface area contributed by atoms with Crippen LogP contribution in [0.4, 0.5) is 20.7 Å². The summed E-state index contributed by atoms with van der Waals surface area (Å²) in [5, 5.41) is 3.90. The maximum Gasteiger partial charge on any atom is 0.319 e. The lowest BCUT2D eigenvalue weighted by molar-refractivity contribution is 0.0992. The van der Waals surface area contributed by atoms with Crippen LogP contribution < -0.4 is 14.8 Å². The monoisotopic (exact) mass is 473 g/mol. The van der Waals surface area contributed by atoms with Gasteiger partial charge in [0.05, 0.1) is 17.6 Å². The molecule has 8 nitrogen and oxygen atoms in total. The SMILES string of the molecule is COc1cc2ncnc(Nc3ccc(F)c(Cl)c3)c2cc1OC1CCN(C(=O)N(C)C)CC1.